The molecule has 2 unspecified atom stereocenters. The maximum Gasteiger partial charge on any atom is 0.410 e. The summed E-state index contributed by atoms with van der Waals surface area (Å²) in [4.78, 5) is 13.9. The maximum absolute atomic E-state index is 12.0. The fourth-order valence-electron chi connectivity index (χ4n) is 2.81. The molecule has 1 saturated heterocycles. The normalized spacial score (nSPS) is 21.8. The highest BCUT2D eigenvalue weighted by Crippen LogP contribution is 2.29. The van der Waals surface area contributed by atoms with Crippen LogP contribution in [-0.4, -0.2) is 43.3 Å². The lowest BCUT2D eigenvalue weighted by Gasteiger charge is -2.28. The van der Waals surface area contributed by atoms with Crippen LogP contribution in [0.3, 0.4) is 0 Å². The molecular weight excluding hydrogens is 240 g/mol. The number of ether oxygens (including phenoxy) is 1. The molecule has 4 nitrogen and oxygen atoms in total. The number of nitrogens with zero attached hydrogens (tertiary/aromatic N) is 1. The van der Waals surface area contributed by atoms with E-state index in [4.69, 9.17) is 4.74 Å². The molecule has 0 bridgehead atoms. The number of hydrogen-bond donors (Lipinski definition) is 1. The average molecular weight is 270 g/mol. The van der Waals surface area contributed by atoms with E-state index in [0.29, 0.717) is 17.8 Å². The van der Waals surface area contributed by atoms with Crippen LogP contribution in [0.4, 0.5) is 4.79 Å². The minimum Gasteiger partial charge on any atom is -0.444 e. The van der Waals surface area contributed by atoms with Gasteiger partial charge in [-0.05, 0) is 58.5 Å². The van der Waals surface area contributed by atoms with Gasteiger partial charge in [0.25, 0.3) is 0 Å². The van der Waals surface area contributed by atoms with Crippen LogP contribution in [-0.2, 0) is 4.74 Å². The van der Waals surface area contributed by atoms with Crippen molar-refractivity contribution < 1.29 is 9.53 Å². The van der Waals surface area contributed by atoms with Gasteiger partial charge in [0.15, 0.2) is 0 Å². The molecule has 1 rings (SSSR count). The second-order valence-corrected chi connectivity index (χ2v) is 6.94. The molecule has 1 fully saturated rings. The Hall–Kier alpha value is -0.770. The Balaban J connectivity index is 2.54. The van der Waals surface area contributed by atoms with Crippen molar-refractivity contribution in [3.63, 3.8) is 0 Å². The van der Waals surface area contributed by atoms with E-state index in [1.54, 1.807) is 0 Å². The van der Waals surface area contributed by atoms with Gasteiger partial charge in [-0.25, -0.2) is 4.79 Å². The van der Waals surface area contributed by atoms with Gasteiger partial charge in [0.05, 0.1) is 0 Å². The zero-order valence-corrected chi connectivity index (χ0v) is 13.3. The lowest BCUT2D eigenvalue weighted by atomic mass is 9.83. The van der Waals surface area contributed by atoms with Crippen LogP contribution in [0.25, 0.3) is 0 Å². The molecule has 19 heavy (non-hydrogen) atoms. The lowest BCUT2D eigenvalue weighted by Crippen LogP contribution is -2.37. The highest BCUT2D eigenvalue weighted by atomic mass is 16.6. The number of carbonyl (C=O) groups excluding carboxylic acids is 1. The summed E-state index contributed by atoms with van der Waals surface area (Å²) in [7, 11) is 2.00. The molecule has 0 aromatic carbocycles. The maximum atomic E-state index is 12.0. The van der Waals surface area contributed by atoms with E-state index >= 15 is 0 Å². The van der Waals surface area contributed by atoms with Crippen molar-refractivity contribution in [2.24, 2.45) is 17.8 Å². The molecule has 1 aliphatic rings. The monoisotopic (exact) mass is 270 g/mol. The largest absolute Gasteiger partial charge is 0.444 e. The molecule has 0 aromatic rings. The minimum absolute atomic E-state index is 0.165. The van der Waals surface area contributed by atoms with Crippen LogP contribution in [0.1, 0.15) is 41.0 Å². The van der Waals surface area contributed by atoms with Crippen molar-refractivity contribution in [1.29, 1.82) is 0 Å². The van der Waals surface area contributed by atoms with Gasteiger partial charge in [-0.15, -0.1) is 0 Å². The Morgan fingerprint density at radius 1 is 1.42 bits per heavy atom. The van der Waals surface area contributed by atoms with Crippen molar-refractivity contribution >= 4 is 6.09 Å². The van der Waals surface area contributed by atoms with Gasteiger partial charge in [-0.1, -0.05) is 13.8 Å². The smallest absolute Gasteiger partial charge is 0.410 e. The predicted molar refractivity (Wildman–Crippen MR) is 78.2 cm³/mol. The molecule has 0 aliphatic carbocycles. The van der Waals surface area contributed by atoms with Crippen LogP contribution < -0.4 is 5.32 Å². The number of carbonyl (C=O) groups is 1. The Morgan fingerprint density at radius 2 is 2.05 bits per heavy atom. The van der Waals surface area contributed by atoms with Crippen molar-refractivity contribution in [2.75, 3.05) is 26.7 Å². The fraction of sp³-hybridized carbons (Fsp3) is 0.933. The highest BCUT2D eigenvalue weighted by Gasteiger charge is 2.34. The molecule has 1 aliphatic heterocycles. The Bertz CT molecular complexity index is 297. The molecule has 1 amide bonds. The number of amides is 1. The number of likely N-dealkylation sites (tertiary alicyclic amines) is 1. The Morgan fingerprint density at radius 3 is 2.53 bits per heavy atom. The van der Waals surface area contributed by atoms with Crippen LogP contribution in [0.15, 0.2) is 0 Å². The minimum atomic E-state index is -0.405. The van der Waals surface area contributed by atoms with Gasteiger partial charge in [0, 0.05) is 13.1 Å². The third-order valence-electron chi connectivity index (χ3n) is 3.78. The SMILES string of the molecule is CNCC(C(C)C)C1CCN(C(=O)OC(C)(C)C)C1. The third kappa shape index (κ3) is 5.01. The van der Waals surface area contributed by atoms with Gasteiger partial charge in [-0.3, -0.25) is 0 Å². The van der Waals surface area contributed by atoms with Crippen molar-refractivity contribution in [2.45, 2.75) is 46.6 Å². The first-order chi connectivity index (χ1) is 8.74. The molecule has 0 saturated carbocycles. The predicted octanol–water partition coefficient (Wildman–Crippen LogP) is 2.74. The fourth-order valence-corrected chi connectivity index (χ4v) is 2.81. The molecule has 112 valence electrons. The van der Waals surface area contributed by atoms with E-state index in [1.807, 2.05) is 32.7 Å². The summed E-state index contributed by atoms with van der Waals surface area (Å²) in [6.07, 6.45) is 0.922. The number of rotatable bonds is 4. The molecule has 0 radical (unpaired) electrons. The molecular formula is C15H30N2O2. The molecule has 0 aromatic heterocycles. The van der Waals surface area contributed by atoms with E-state index in [-0.39, 0.29) is 6.09 Å². The van der Waals surface area contributed by atoms with E-state index in [0.717, 1.165) is 26.1 Å². The Labute approximate surface area is 117 Å². The first kappa shape index (κ1) is 16.3. The first-order valence-corrected chi connectivity index (χ1v) is 7.37. The zero-order valence-electron chi connectivity index (χ0n) is 13.3. The third-order valence-corrected chi connectivity index (χ3v) is 3.78. The average Bonchev–Trinajstić information content (AvgIpc) is 2.72. The summed E-state index contributed by atoms with van der Waals surface area (Å²) in [5.41, 5.74) is -0.405. The summed E-state index contributed by atoms with van der Waals surface area (Å²) in [6, 6.07) is 0. The lowest BCUT2D eigenvalue weighted by molar-refractivity contribution is 0.0281. The molecule has 1 N–H and O–H groups in total. The molecule has 2 atom stereocenters. The quantitative estimate of drug-likeness (QED) is 0.854. The van der Waals surface area contributed by atoms with Crippen molar-refractivity contribution in [1.82, 2.24) is 10.2 Å². The summed E-state index contributed by atoms with van der Waals surface area (Å²) >= 11 is 0. The van der Waals surface area contributed by atoms with E-state index in [1.165, 1.54) is 0 Å². The number of hydrogen-bond acceptors (Lipinski definition) is 3. The van der Waals surface area contributed by atoms with Crippen LogP contribution in [0.2, 0.25) is 0 Å². The van der Waals surface area contributed by atoms with Gasteiger partial charge in [0.2, 0.25) is 0 Å². The molecule has 4 heteroatoms. The second kappa shape index (κ2) is 6.60. The Kier molecular flexibility index (Phi) is 5.65. The number of nitrogens with one attached hydrogen (secondary N) is 1. The van der Waals surface area contributed by atoms with Crippen molar-refractivity contribution in [3.05, 3.63) is 0 Å². The van der Waals surface area contributed by atoms with Crippen LogP contribution in [0, 0.1) is 17.8 Å². The van der Waals surface area contributed by atoms with Crippen LogP contribution in [0.5, 0.6) is 0 Å². The highest BCUT2D eigenvalue weighted by molar-refractivity contribution is 5.68. The van der Waals surface area contributed by atoms with E-state index in [9.17, 15) is 4.79 Å². The summed E-state index contributed by atoms with van der Waals surface area (Å²) in [6.45, 7) is 12.9. The van der Waals surface area contributed by atoms with Gasteiger partial charge < -0.3 is 15.0 Å². The summed E-state index contributed by atoms with van der Waals surface area (Å²) in [5.74, 6) is 1.84. The van der Waals surface area contributed by atoms with Crippen LogP contribution >= 0.6 is 0 Å². The van der Waals surface area contributed by atoms with Crippen molar-refractivity contribution in [3.8, 4) is 0 Å². The zero-order chi connectivity index (χ0) is 14.6. The first-order valence-electron chi connectivity index (χ1n) is 7.37. The molecule has 1 heterocycles. The van der Waals surface area contributed by atoms with E-state index in [2.05, 4.69) is 19.2 Å². The molecule has 0 spiro atoms. The summed E-state index contributed by atoms with van der Waals surface area (Å²) in [5, 5.41) is 3.27. The van der Waals surface area contributed by atoms with Gasteiger partial charge >= 0.3 is 6.09 Å². The van der Waals surface area contributed by atoms with Gasteiger partial charge in [0.1, 0.15) is 5.60 Å². The topological polar surface area (TPSA) is 41.6 Å². The standard InChI is InChI=1S/C15H30N2O2/c1-11(2)13(9-16-6)12-7-8-17(10-12)14(18)19-15(3,4)5/h11-13,16H,7-10H2,1-6H3. The second-order valence-electron chi connectivity index (χ2n) is 6.94. The van der Waals surface area contributed by atoms with Gasteiger partial charge in [-0.2, -0.15) is 0 Å². The summed E-state index contributed by atoms with van der Waals surface area (Å²) < 4.78 is 5.44. The van der Waals surface area contributed by atoms with E-state index < -0.39 is 5.60 Å².